The number of halogens is 1. The highest BCUT2D eigenvalue weighted by Crippen LogP contribution is 2.10. The number of carboxylic acids is 1. The highest BCUT2D eigenvalue weighted by Gasteiger charge is 2.12. The number of rotatable bonds is 5. The van der Waals surface area contributed by atoms with Gasteiger partial charge in [0.1, 0.15) is 11.1 Å². The van der Waals surface area contributed by atoms with Crippen molar-refractivity contribution in [3.05, 3.63) is 30.3 Å². The van der Waals surface area contributed by atoms with Crippen molar-refractivity contribution in [2.75, 3.05) is 6.61 Å². The average molecular weight is 215 g/mol. The van der Waals surface area contributed by atoms with E-state index in [0.717, 1.165) is 5.75 Å². The molecule has 1 N–H and O–H groups in total. The topological polar surface area (TPSA) is 46.5 Å². The van der Waals surface area contributed by atoms with E-state index in [2.05, 4.69) is 0 Å². The van der Waals surface area contributed by atoms with E-state index in [0.29, 0.717) is 13.0 Å². The molecule has 1 aromatic carbocycles. The maximum Gasteiger partial charge on any atom is 0.321 e. The third-order valence-corrected chi connectivity index (χ3v) is 2.06. The molecule has 3 nitrogen and oxygen atoms in total. The van der Waals surface area contributed by atoms with Gasteiger partial charge in [0.15, 0.2) is 0 Å². The number of aliphatic carboxylic acids is 1. The molecular formula is C10H11ClO3. The number of carboxylic acid groups (broad SMARTS) is 1. The highest BCUT2D eigenvalue weighted by molar-refractivity contribution is 6.29. The van der Waals surface area contributed by atoms with Crippen LogP contribution < -0.4 is 4.74 Å². The number of para-hydroxylation sites is 1. The molecule has 0 fully saturated rings. The number of hydrogen-bond donors (Lipinski definition) is 1. The predicted octanol–water partition coefficient (Wildman–Crippen LogP) is 2.15. The molecule has 76 valence electrons. The van der Waals surface area contributed by atoms with Gasteiger partial charge >= 0.3 is 5.97 Å². The Labute approximate surface area is 87.3 Å². The monoisotopic (exact) mass is 214 g/mol. The van der Waals surface area contributed by atoms with Crippen LogP contribution in [0.4, 0.5) is 0 Å². The van der Waals surface area contributed by atoms with E-state index in [9.17, 15) is 4.79 Å². The van der Waals surface area contributed by atoms with Gasteiger partial charge in [-0.05, 0) is 12.1 Å². The van der Waals surface area contributed by atoms with E-state index in [4.69, 9.17) is 21.4 Å². The van der Waals surface area contributed by atoms with E-state index in [1.807, 2.05) is 30.3 Å². The van der Waals surface area contributed by atoms with Crippen molar-refractivity contribution in [1.29, 1.82) is 0 Å². The van der Waals surface area contributed by atoms with Gasteiger partial charge in [0.05, 0.1) is 6.61 Å². The molecule has 1 atom stereocenters. The molecule has 1 aromatic rings. The maximum atomic E-state index is 10.4. The lowest BCUT2D eigenvalue weighted by atomic mass is 10.3. The molecule has 0 saturated heterocycles. The zero-order valence-corrected chi connectivity index (χ0v) is 8.28. The molecule has 0 radical (unpaired) electrons. The molecular weight excluding hydrogens is 204 g/mol. The van der Waals surface area contributed by atoms with Crippen LogP contribution in [0.15, 0.2) is 30.3 Å². The molecule has 0 amide bonds. The van der Waals surface area contributed by atoms with Gasteiger partial charge in [-0.15, -0.1) is 11.6 Å². The molecule has 0 heterocycles. The third kappa shape index (κ3) is 3.66. The van der Waals surface area contributed by atoms with Gasteiger partial charge in [-0.2, -0.15) is 0 Å². The van der Waals surface area contributed by atoms with Gasteiger partial charge < -0.3 is 9.84 Å². The van der Waals surface area contributed by atoms with Crippen molar-refractivity contribution >= 4 is 17.6 Å². The molecule has 0 bridgehead atoms. The second kappa shape index (κ2) is 5.50. The molecule has 4 heteroatoms. The number of carbonyl (C=O) groups is 1. The second-order valence-corrected chi connectivity index (χ2v) is 3.28. The van der Waals surface area contributed by atoms with Crippen molar-refractivity contribution < 1.29 is 14.6 Å². The lowest BCUT2D eigenvalue weighted by molar-refractivity contribution is -0.136. The van der Waals surface area contributed by atoms with Crippen LogP contribution in [0.25, 0.3) is 0 Å². The number of hydrogen-bond acceptors (Lipinski definition) is 2. The smallest absolute Gasteiger partial charge is 0.321 e. The quantitative estimate of drug-likeness (QED) is 0.764. The number of benzene rings is 1. The SMILES string of the molecule is O=C(O)C(Cl)CCOc1ccccc1. The van der Waals surface area contributed by atoms with Crippen molar-refractivity contribution in [2.45, 2.75) is 11.8 Å². The minimum atomic E-state index is -1.01. The molecule has 1 rings (SSSR count). The maximum absolute atomic E-state index is 10.4. The molecule has 0 aliphatic rings. The molecule has 0 aliphatic heterocycles. The van der Waals surface area contributed by atoms with Gasteiger partial charge in [0, 0.05) is 6.42 Å². The van der Waals surface area contributed by atoms with Crippen molar-refractivity contribution in [3.8, 4) is 5.75 Å². The zero-order valence-electron chi connectivity index (χ0n) is 7.52. The molecule has 0 spiro atoms. The Morgan fingerprint density at radius 2 is 2.07 bits per heavy atom. The van der Waals surface area contributed by atoms with Gasteiger partial charge in [-0.3, -0.25) is 4.79 Å². The minimum absolute atomic E-state index is 0.297. The van der Waals surface area contributed by atoms with Gasteiger partial charge in [-0.1, -0.05) is 18.2 Å². The summed E-state index contributed by atoms with van der Waals surface area (Å²) in [6, 6.07) is 9.21. The summed E-state index contributed by atoms with van der Waals surface area (Å²) in [6.45, 7) is 0.310. The summed E-state index contributed by atoms with van der Waals surface area (Å²) >= 11 is 5.50. The van der Waals surface area contributed by atoms with E-state index in [1.165, 1.54) is 0 Å². The van der Waals surface area contributed by atoms with Crippen LogP contribution in [0, 0.1) is 0 Å². The Kier molecular flexibility index (Phi) is 4.26. The van der Waals surface area contributed by atoms with Gasteiger partial charge in [0.2, 0.25) is 0 Å². The first-order valence-corrected chi connectivity index (χ1v) is 4.68. The van der Waals surface area contributed by atoms with Crippen molar-refractivity contribution in [2.24, 2.45) is 0 Å². The van der Waals surface area contributed by atoms with Crippen LogP contribution in [-0.4, -0.2) is 23.1 Å². The third-order valence-electron chi connectivity index (χ3n) is 1.65. The Balaban J connectivity index is 2.26. The first-order valence-electron chi connectivity index (χ1n) is 4.25. The molecule has 0 saturated carbocycles. The molecule has 1 unspecified atom stereocenters. The standard InChI is InChI=1S/C10H11ClO3/c11-9(10(12)13)6-7-14-8-4-2-1-3-5-8/h1-5,9H,6-7H2,(H,12,13). The number of ether oxygens (including phenoxy) is 1. The fraction of sp³-hybridized carbons (Fsp3) is 0.300. The van der Waals surface area contributed by atoms with E-state index >= 15 is 0 Å². The lowest BCUT2D eigenvalue weighted by Gasteiger charge is -2.06. The largest absolute Gasteiger partial charge is 0.494 e. The summed E-state index contributed by atoms with van der Waals surface area (Å²) in [5.74, 6) is -0.287. The van der Waals surface area contributed by atoms with Gasteiger partial charge in [0.25, 0.3) is 0 Å². The zero-order chi connectivity index (χ0) is 10.4. The van der Waals surface area contributed by atoms with Crippen LogP contribution in [-0.2, 0) is 4.79 Å². The average Bonchev–Trinajstić information content (AvgIpc) is 2.19. The predicted molar refractivity (Wildman–Crippen MR) is 53.8 cm³/mol. The molecule has 0 aliphatic carbocycles. The van der Waals surface area contributed by atoms with Crippen molar-refractivity contribution in [1.82, 2.24) is 0 Å². The Bertz CT molecular complexity index is 287. The number of alkyl halides is 1. The van der Waals surface area contributed by atoms with Gasteiger partial charge in [-0.25, -0.2) is 0 Å². The van der Waals surface area contributed by atoms with Crippen LogP contribution in [0.1, 0.15) is 6.42 Å². The fourth-order valence-electron chi connectivity index (χ4n) is 0.920. The van der Waals surface area contributed by atoms with E-state index in [1.54, 1.807) is 0 Å². The summed E-state index contributed by atoms with van der Waals surface area (Å²) in [5, 5.41) is 7.62. The summed E-state index contributed by atoms with van der Waals surface area (Å²) in [7, 11) is 0. The highest BCUT2D eigenvalue weighted by atomic mass is 35.5. The fourth-order valence-corrected chi connectivity index (χ4v) is 1.01. The normalized spacial score (nSPS) is 12.1. The van der Waals surface area contributed by atoms with Crippen LogP contribution in [0.5, 0.6) is 5.75 Å². The van der Waals surface area contributed by atoms with Crippen LogP contribution in [0.3, 0.4) is 0 Å². The summed E-state index contributed by atoms with van der Waals surface area (Å²) in [6.07, 6.45) is 0.297. The van der Waals surface area contributed by atoms with E-state index < -0.39 is 11.3 Å². The minimum Gasteiger partial charge on any atom is -0.494 e. The Morgan fingerprint density at radius 1 is 1.43 bits per heavy atom. The first kappa shape index (κ1) is 10.9. The van der Waals surface area contributed by atoms with Crippen LogP contribution in [0.2, 0.25) is 0 Å². The Morgan fingerprint density at radius 3 is 2.64 bits per heavy atom. The Hall–Kier alpha value is -1.22. The van der Waals surface area contributed by atoms with E-state index in [-0.39, 0.29) is 0 Å². The van der Waals surface area contributed by atoms with Crippen molar-refractivity contribution in [3.63, 3.8) is 0 Å². The summed E-state index contributed by atoms with van der Waals surface area (Å²) in [5.41, 5.74) is 0. The second-order valence-electron chi connectivity index (χ2n) is 2.76. The lowest BCUT2D eigenvalue weighted by Crippen LogP contribution is -2.16. The molecule has 0 aromatic heterocycles. The van der Waals surface area contributed by atoms with Crippen LogP contribution >= 0.6 is 11.6 Å². The molecule has 14 heavy (non-hydrogen) atoms. The summed E-state index contributed by atoms with van der Waals surface area (Å²) < 4.78 is 5.28. The first-order chi connectivity index (χ1) is 6.70. The summed E-state index contributed by atoms with van der Waals surface area (Å²) in [4.78, 5) is 10.4.